The smallest absolute Gasteiger partial charge is 0.243 e. The zero-order valence-corrected chi connectivity index (χ0v) is 16.6. The number of rotatable bonds is 4. The third-order valence-electron chi connectivity index (χ3n) is 5.02. The molecule has 0 radical (unpaired) electrons. The minimum absolute atomic E-state index is 0.291. The number of pyridine rings is 2. The van der Waals surface area contributed by atoms with Crippen LogP contribution in [0, 0.1) is 12.9 Å². The van der Waals surface area contributed by atoms with Crippen molar-refractivity contribution in [3.05, 3.63) is 48.4 Å². The van der Waals surface area contributed by atoms with E-state index in [1.807, 2.05) is 25.3 Å². The highest BCUT2D eigenvalue weighted by Gasteiger charge is 2.22. The van der Waals surface area contributed by atoms with Crippen LogP contribution in [0.25, 0.3) is 16.8 Å². The van der Waals surface area contributed by atoms with Gasteiger partial charge in [0, 0.05) is 54.7 Å². The van der Waals surface area contributed by atoms with E-state index in [2.05, 4.69) is 34.6 Å². The monoisotopic (exact) mass is 410 g/mol. The molecule has 1 N–H and O–H groups in total. The van der Waals surface area contributed by atoms with Gasteiger partial charge in [0.15, 0.2) is 5.65 Å². The zero-order valence-electron chi connectivity index (χ0n) is 15.8. The molecule has 0 aliphatic carbocycles. The van der Waals surface area contributed by atoms with Crippen molar-refractivity contribution in [2.24, 2.45) is 0 Å². The van der Waals surface area contributed by atoms with Gasteiger partial charge >= 0.3 is 0 Å². The van der Waals surface area contributed by atoms with Gasteiger partial charge in [-0.2, -0.15) is 13.7 Å². The number of aryl methyl sites for hydroxylation is 1. The number of aromatic nitrogens is 6. The highest BCUT2D eigenvalue weighted by atomic mass is 32.1. The first-order valence-corrected chi connectivity index (χ1v) is 10.2. The fourth-order valence-electron chi connectivity index (χ4n) is 3.57. The van der Waals surface area contributed by atoms with Gasteiger partial charge in [0.25, 0.3) is 0 Å². The third kappa shape index (κ3) is 3.63. The Morgan fingerprint density at radius 1 is 1.21 bits per heavy atom. The Bertz CT molecular complexity index is 1150. The summed E-state index contributed by atoms with van der Waals surface area (Å²) in [6.45, 7) is 3.75. The lowest BCUT2D eigenvalue weighted by Gasteiger charge is -2.31. The van der Waals surface area contributed by atoms with Crippen molar-refractivity contribution in [1.82, 2.24) is 28.9 Å². The quantitative estimate of drug-likeness (QED) is 0.517. The lowest BCUT2D eigenvalue weighted by atomic mass is 10.1. The molecule has 0 unspecified atom stereocenters. The van der Waals surface area contributed by atoms with Crippen molar-refractivity contribution < 1.29 is 4.39 Å². The summed E-state index contributed by atoms with van der Waals surface area (Å²) < 4.78 is 19.5. The van der Waals surface area contributed by atoms with E-state index < -0.39 is 5.95 Å². The fourth-order valence-corrected chi connectivity index (χ4v) is 4.30. The van der Waals surface area contributed by atoms with E-state index in [1.54, 1.807) is 10.6 Å². The highest BCUT2D eigenvalue weighted by molar-refractivity contribution is 7.09. The first-order chi connectivity index (χ1) is 14.2. The van der Waals surface area contributed by atoms with Gasteiger partial charge in [-0.15, -0.1) is 5.10 Å². The number of piperidine rings is 1. The predicted molar refractivity (Wildman–Crippen MR) is 110 cm³/mol. The molecule has 29 heavy (non-hydrogen) atoms. The molecule has 5 heterocycles. The summed E-state index contributed by atoms with van der Waals surface area (Å²) in [6.07, 6.45) is 5.24. The van der Waals surface area contributed by atoms with Gasteiger partial charge in [0.2, 0.25) is 17.0 Å². The molecule has 148 valence electrons. The molecule has 4 aromatic rings. The standard InChI is InChI=1S/C19H19FN8S/c1-12-22-19(29-26-12)27-9-5-14(6-10-27)23-18-24-17-15(3-2-8-28(17)25-18)13-4-7-21-16(20)11-13/h2-4,7-8,11,14H,5-6,9-10H2,1H3,(H,23,25). The van der Waals surface area contributed by atoms with Crippen molar-refractivity contribution in [3.63, 3.8) is 0 Å². The largest absolute Gasteiger partial charge is 0.350 e. The van der Waals surface area contributed by atoms with Gasteiger partial charge in [0.1, 0.15) is 5.82 Å². The molecule has 1 fully saturated rings. The van der Waals surface area contributed by atoms with E-state index in [-0.39, 0.29) is 0 Å². The molecule has 4 aromatic heterocycles. The maximum absolute atomic E-state index is 13.5. The lowest BCUT2D eigenvalue weighted by Crippen LogP contribution is -2.39. The predicted octanol–water partition coefficient (Wildman–Crippen LogP) is 3.17. The number of anilines is 2. The molecule has 0 bridgehead atoms. The average Bonchev–Trinajstić information content (AvgIpc) is 3.34. The second-order valence-corrected chi connectivity index (χ2v) is 7.75. The molecular formula is C19H19FN8S. The number of hydrogen-bond acceptors (Lipinski definition) is 8. The van der Waals surface area contributed by atoms with Gasteiger partial charge < -0.3 is 10.2 Å². The maximum atomic E-state index is 13.5. The normalized spacial score (nSPS) is 15.2. The van der Waals surface area contributed by atoms with Crippen LogP contribution in [0.1, 0.15) is 18.7 Å². The second kappa shape index (κ2) is 7.36. The lowest BCUT2D eigenvalue weighted by molar-refractivity contribution is 0.523. The van der Waals surface area contributed by atoms with Crippen LogP contribution in [0.15, 0.2) is 36.7 Å². The van der Waals surface area contributed by atoms with Crippen molar-refractivity contribution in [2.75, 3.05) is 23.3 Å². The summed E-state index contributed by atoms with van der Waals surface area (Å²) in [6, 6.07) is 7.25. The highest BCUT2D eigenvalue weighted by Crippen LogP contribution is 2.26. The molecule has 1 saturated heterocycles. The molecular weight excluding hydrogens is 391 g/mol. The SMILES string of the molecule is Cc1nsc(N2CCC(Nc3nc4c(-c5ccnc(F)c5)cccn4n3)CC2)n1. The van der Waals surface area contributed by atoms with Gasteiger partial charge in [-0.1, -0.05) is 0 Å². The Hall–Kier alpha value is -3.14. The Labute approximate surface area is 170 Å². The second-order valence-electron chi connectivity index (χ2n) is 7.02. The number of halogens is 1. The van der Waals surface area contributed by atoms with Crippen molar-refractivity contribution in [1.29, 1.82) is 0 Å². The molecule has 10 heteroatoms. The van der Waals surface area contributed by atoms with Crippen LogP contribution in [0.4, 0.5) is 15.5 Å². The van der Waals surface area contributed by atoms with E-state index in [0.29, 0.717) is 17.6 Å². The van der Waals surface area contributed by atoms with Gasteiger partial charge in [-0.25, -0.2) is 14.5 Å². The molecule has 0 aromatic carbocycles. The van der Waals surface area contributed by atoms with Crippen LogP contribution >= 0.6 is 11.5 Å². The van der Waals surface area contributed by atoms with Crippen molar-refractivity contribution >= 4 is 28.3 Å². The van der Waals surface area contributed by atoms with Crippen LogP contribution in [0.5, 0.6) is 0 Å². The Kier molecular flexibility index (Phi) is 4.55. The van der Waals surface area contributed by atoms with E-state index in [1.165, 1.54) is 23.8 Å². The van der Waals surface area contributed by atoms with Crippen molar-refractivity contribution in [2.45, 2.75) is 25.8 Å². The summed E-state index contributed by atoms with van der Waals surface area (Å²) in [4.78, 5) is 15.0. The summed E-state index contributed by atoms with van der Waals surface area (Å²) in [7, 11) is 0. The van der Waals surface area contributed by atoms with Crippen LogP contribution in [-0.2, 0) is 0 Å². The zero-order chi connectivity index (χ0) is 19.8. The molecule has 1 aliphatic rings. The van der Waals surface area contributed by atoms with E-state index in [9.17, 15) is 4.39 Å². The first kappa shape index (κ1) is 17.9. The summed E-state index contributed by atoms with van der Waals surface area (Å²) in [5.74, 6) is 0.890. The summed E-state index contributed by atoms with van der Waals surface area (Å²) >= 11 is 1.45. The molecule has 0 saturated carbocycles. The minimum atomic E-state index is -0.514. The minimum Gasteiger partial charge on any atom is -0.350 e. The first-order valence-electron chi connectivity index (χ1n) is 9.45. The Balaban J connectivity index is 1.32. The van der Waals surface area contributed by atoms with E-state index in [0.717, 1.165) is 48.0 Å². The molecule has 5 rings (SSSR count). The number of nitrogens with one attached hydrogen (secondary N) is 1. The van der Waals surface area contributed by atoms with Gasteiger partial charge in [0.05, 0.1) is 0 Å². The van der Waals surface area contributed by atoms with Crippen LogP contribution in [-0.4, -0.2) is 48.1 Å². The third-order valence-corrected chi connectivity index (χ3v) is 5.88. The Morgan fingerprint density at radius 3 is 2.83 bits per heavy atom. The molecule has 0 atom stereocenters. The van der Waals surface area contributed by atoms with E-state index in [4.69, 9.17) is 0 Å². The Morgan fingerprint density at radius 2 is 2.07 bits per heavy atom. The van der Waals surface area contributed by atoms with Crippen molar-refractivity contribution in [3.8, 4) is 11.1 Å². The molecule has 0 spiro atoms. The van der Waals surface area contributed by atoms with Crippen LogP contribution in [0.3, 0.4) is 0 Å². The fraction of sp³-hybridized carbons (Fsp3) is 0.316. The van der Waals surface area contributed by atoms with Gasteiger partial charge in [-0.3, -0.25) is 0 Å². The van der Waals surface area contributed by atoms with E-state index >= 15 is 0 Å². The number of fused-ring (bicyclic) bond motifs is 1. The molecule has 0 amide bonds. The topological polar surface area (TPSA) is 84.1 Å². The summed E-state index contributed by atoms with van der Waals surface area (Å²) in [5.41, 5.74) is 2.22. The molecule has 1 aliphatic heterocycles. The van der Waals surface area contributed by atoms with Crippen LogP contribution < -0.4 is 10.2 Å². The number of hydrogen-bond donors (Lipinski definition) is 1. The van der Waals surface area contributed by atoms with Crippen LogP contribution in [0.2, 0.25) is 0 Å². The number of nitrogens with zero attached hydrogens (tertiary/aromatic N) is 7. The molecule has 8 nitrogen and oxygen atoms in total. The average molecular weight is 410 g/mol. The van der Waals surface area contributed by atoms with Gasteiger partial charge in [-0.05, 0) is 43.5 Å². The maximum Gasteiger partial charge on any atom is 0.243 e. The summed E-state index contributed by atoms with van der Waals surface area (Å²) in [5, 5.41) is 8.98.